The van der Waals surface area contributed by atoms with Gasteiger partial charge in [-0.1, -0.05) is 18.2 Å². The van der Waals surface area contributed by atoms with Crippen LogP contribution in [0.15, 0.2) is 35.7 Å². The summed E-state index contributed by atoms with van der Waals surface area (Å²) in [6.45, 7) is 1.99. The molecule has 0 radical (unpaired) electrons. The fourth-order valence-corrected chi connectivity index (χ4v) is 1.86. The Morgan fingerprint density at radius 2 is 2.13 bits per heavy atom. The third-order valence-corrected chi connectivity index (χ3v) is 2.87. The highest BCUT2D eigenvalue weighted by atomic mass is 32.1. The lowest BCUT2D eigenvalue weighted by atomic mass is 10.2. The van der Waals surface area contributed by atoms with Gasteiger partial charge in [0.2, 0.25) is 0 Å². The van der Waals surface area contributed by atoms with Gasteiger partial charge in [-0.2, -0.15) is 0 Å². The van der Waals surface area contributed by atoms with Crippen LogP contribution in [0.2, 0.25) is 0 Å². The summed E-state index contributed by atoms with van der Waals surface area (Å²) in [5.41, 5.74) is 1.08. The molecule has 0 aliphatic carbocycles. The third-order valence-electron chi connectivity index (χ3n) is 2.03. The summed E-state index contributed by atoms with van der Waals surface area (Å²) in [5.74, 6) is 1.55. The van der Waals surface area contributed by atoms with Gasteiger partial charge in [0.25, 0.3) is 0 Å². The van der Waals surface area contributed by atoms with Crippen LogP contribution in [0.4, 0.5) is 0 Å². The van der Waals surface area contributed by atoms with E-state index in [4.69, 9.17) is 4.74 Å². The first kappa shape index (κ1) is 9.93. The Bertz CT molecular complexity index is 474. The SMILES string of the molecule is Cc1ccccc1Oc1csc(C=O)c1. The van der Waals surface area contributed by atoms with E-state index in [2.05, 4.69) is 0 Å². The van der Waals surface area contributed by atoms with Gasteiger partial charge in [0.15, 0.2) is 6.29 Å². The summed E-state index contributed by atoms with van der Waals surface area (Å²) in [5, 5.41) is 1.83. The molecule has 0 bridgehead atoms. The van der Waals surface area contributed by atoms with Crippen molar-refractivity contribution in [3.63, 3.8) is 0 Å². The first-order valence-electron chi connectivity index (χ1n) is 4.57. The summed E-state index contributed by atoms with van der Waals surface area (Å²) < 4.78 is 5.64. The molecule has 2 nitrogen and oxygen atoms in total. The zero-order valence-corrected chi connectivity index (χ0v) is 9.08. The number of rotatable bonds is 3. The van der Waals surface area contributed by atoms with Crippen LogP contribution in [-0.4, -0.2) is 6.29 Å². The molecule has 0 spiro atoms. The molecule has 1 aromatic carbocycles. The maximum Gasteiger partial charge on any atom is 0.160 e. The Balaban J connectivity index is 2.22. The largest absolute Gasteiger partial charge is 0.456 e. The summed E-state index contributed by atoms with van der Waals surface area (Å²) in [7, 11) is 0. The predicted octanol–water partition coefficient (Wildman–Crippen LogP) is 3.66. The maximum absolute atomic E-state index is 10.5. The van der Waals surface area contributed by atoms with Crippen molar-refractivity contribution in [1.29, 1.82) is 0 Å². The van der Waals surface area contributed by atoms with Gasteiger partial charge in [-0.05, 0) is 18.6 Å². The molecule has 0 N–H and O–H groups in total. The van der Waals surface area contributed by atoms with Gasteiger partial charge in [0.05, 0.1) is 4.88 Å². The molecule has 0 aliphatic rings. The lowest BCUT2D eigenvalue weighted by Gasteiger charge is -2.05. The van der Waals surface area contributed by atoms with E-state index in [-0.39, 0.29) is 0 Å². The normalized spacial score (nSPS) is 9.93. The predicted molar refractivity (Wildman–Crippen MR) is 61.0 cm³/mol. The van der Waals surface area contributed by atoms with E-state index in [1.165, 1.54) is 11.3 Å². The average Bonchev–Trinajstić information content (AvgIpc) is 2.69. The van der Waals surface area contributed by atoms with Crippen LogP contribution in [0.3, 0.4) is 0 Å². The first-order chi connectivity index (χ1) is 7.29. The Morgan fingerprint density at radius 3 is 2.80 bits per heavy atom. The second-order valence-corrected chi connectivity index (χ2v) is 4.11. The molecule has 0 saturated carbocycles. The quantitative estimate of drug-likeness (QED) is 0.735. The zero-order chi connectivity index (χ0) is 10.7. The van der Waals surface area contributed by atoms with Gasteiger partial charge in [0.1, 0.15) is 11.5 Å². The van der Waals surface area contributed by atoms with Crippen LogP contribution in [0.25, 0.3) is 0 Å². The molecule has 2 rings (SSSR count). The lowest BCUT2D eigenvalue weighted by molar-refractivity contribution is 0.112. The number of thiophene rings is 1. The standard InChI is InChI=1S/C12H10O2S/c1-9-4-2-3-5-12(9)14-10-6-11(7-13)15-8-10/h2-8H,1H3. The summed E-state index contributed by atoms with van der Waals surface area (Å²) in [4.78, 5) is 11.2. The van der Waals surface area contributed by atoms with Crippen LogP contribution >= 0.6 is 11.3 Å². The van der Waals surface area contributed by atoms with Gasteiger partial charge < -0.3 is 4.74 Å². The number of carbonyl (C=O) groups excluding carboxylic acids is 1. The molecule has 0 aliphatic heterocycles. The Morgan fingerprint density at radius 1 is 1.33 bits per heavy atom. The first-order valence-corrected chi connectivity index (χ1v) is 5.45. The topological polar surface area (TPSA) is 26.3 Å². The van der Waals surface area contributed by atoms with Crippen LogP contribution < -0.4 is 4.74 Å². The van der Waals surface area contributed by atoms with Gasteiger partial charge in [0, 0.05) is 11.4 Å². The number of aldehydes is 1. The van der Waals surface area contributed by atoms with Crippen molar-refractivity contribution in [3.8, 4) is 11.5 Å². The van der Waals surface area contributed by atoms with E-state index < -0.39 is 0 Å². The highest BCUT2D eigenvalue weighted by molar-refractivity contribution is 7.11. The number of ether oxygens (including phenoxy) is 1. The molecule has 2 aromatic rings. The number of hydrogen-bond donors (Lipinski definition) is 0. The monoisotopic (exact) mass is 218 g/mol. The second kappa shape index (κ2) is 4.28. The van der Waals surface area contributed by atoms with Crippen molar-refractivity contribution in [1.82, 2.24) is 0 Å². The van der Waals surface area contributed by atoms with E-state index in [0.29, 0.717) is 4.88 Å². The summed E-state index contributed by atoms with van der Waals surface area (Å²) in [6.07, 6.45) is 0.829. The molecule has 3 heteroatoms. The Kier molecular flexibility index (Phi) is 2.83. The van der Waals surface area contributed by atoms with Gasteiger partial charge in [-0.15, -0.1) is 11.3 Å². The molecule has 15 heavy (non-hydrogen) atoms. The molecule has 0 amide bonds. The molecule has 0 fully saturated rings. The van der Waals surface area contributed by atoms with E-state index in [1.54, 1.807) is 6.07 Å². The van der Waals surface area contributed by atoms with Crippen molar-refractivity contribution in [2.75, 3.05) is 0 Å². The second-order valence-electron chi connectivity index (χ2n) is 3.17. The lowest BCUT2D eigenvalue weighted by Crippen LogP contribution is -1.84. The molecular formula is C12H10O2S. The van der Waals surface area contributed by atoms with Crippen molar-refractivity contribution in [3.05, 3.63) is 46.2 Å². The fraction of sp³-hybridized carbons (Fsp3) is 0.0833. The van der Waals surface area contributed by atoms with E-state index in [1.807, 2.05) is 36.6 Å². The van der Waals surface area contributed by atoms with Gasteiger partial charge in [-0.3, -0.25) is 4.79 Å². The number of benzene rings is 1. The van der Waals surface area contributed by atoms with E-state index in [9.17, 15) is 4.79 Å². The van der Waals surface area contributed by atoms with Crippen LogP contribution in [-0.2, 0) is 0 Å². The molecule has 76 valence electrons. The highest BCUT2D eigenvalue weighted by Crippen LogP contribution is 2.27. The zero-order valence-electron chi connectivity index (χ0n) is 8.27. The average molecular weight is 218 g/mol. The minimum atomic E-state index is 0.679. The summed E-state index contributed by atoms with van der Waals surface area (Å²) in [6, 6.07) is 9.53. The summed E-state index contributed by atoms with van der Waals surface area (Å²) >= 11 is 1.38. The minimum Gasteiger partial charge on any atom is -0.456 e. The smallest absolute Gasteiger partial charge is 0.160 e. The minimum absolute atomic E-state index is 0.679. The Labute approximate surface area is 92.1 Å². The van der Waals surface area contributed by atoms with Gasteiger partial charge >= 0.3 is 0 Å². The molecule has 1 aromatic heterocycles. The number of carbonyl (C=O) groups is 1. The maximum atomic E-state index is 10.5. The highest BCUT2D eigenvalue weighted by Gasteiger charge is 2.02. The van der Waals surface area contributed by atoms with Crippen molar-refractivity contribution in [2.24, 2.45) is 0 Å². The Hall–Kier alpha value is -1.61. The molecule has 0 saturated heterocycles. The van der Waals surface area contributed by atoms with Crippen LogP contribution in [0, 0.1) is 6.92 Å². The van der Waals surface area contributed by atoms with E-state index in [0.717, 1.165) is 23.3 Å². The third kappa shape index (κ3) is 2.25. The molecular weight excluding hydrogens is 208 g/mol. The number of para-hydroxylation sites is 1. The van der Waals surface area contributed by atoms with E-state index >= 15 is 0 Å². The van der Waals surface area contributed by atoms with Crippen LogP contribution in [0.5, 0.6) is 11.5 Å². The van der Waals surface area contributed by atoms with Gasteiger partial charge in [-0.25, -0.2) is 0 Å². The number of aryl methyl sites for hydroxylation is 1. The molecule has 1 heterocycles. The number of hydrogen-bond acceptors (Lipinski definition) is 3. The van der Waals surface area contributed by atoms with Crippen molar-refractivity contribution >= 4 is 17.6 Å². The molecule has 0 atom stereocenters. The fourth-order valence-electron chi connectivity index (χ4n) is 1.25. The van der Waals surface area contributed by atoms with Crippen LogP contribution in [0.1, 0.15) is 15.2 Å². The molecule has 0 unspecified atom stereocenters. The van der Waals surface area contributed by atoms with Crippen molar-refractivity contribution in [2.45, 2.75) is 6.92 Å². The van der Waals surface area contributed by atoms with Crippen molar-refractivity contribution < 1.29 is 9.53 Å².